The number of hydrogen-bond donors (Lipinski definition) is 1. The van der Waals surface area contributed by atoms with Crippen molar-refractivity contribution in [1.29, 1.82) is 0 Å². The maximum Gasteiger partial charge on any atom is 0.161 e. The van der Waals surface area contributed by atoms with Crippen molar-refractivity contribution in [2.24, 2.45) is 0 Å². The Bertz CT molecular complexity index is 793. The molecule has 1 N–H and O–H groups in total. The van der Waals surface area contributed by atoms with E-state index in [1.54, 1.807) is 13.3 Å². The number of carbonyl (C=O) groups is 1. The van der Waals surface area contributed by atoms with Crippen LogP contribution >= 0.6 is 0 Å². The van der Waals surface area contributed by atoms with E-state index in [-0.39, 0.29) is 0 Å². The highest BCUT2D eigenvalue weighted by Crippen LogP contribution is 2.25. The van der Waals surface area contributed by atoms with Crippen LogP contribution in [0.25, 0.3) is 22.4 Å². The second-order valence-corrected chi connectivity index (χ2v) is 4.45. The molecule has 5 heteroatoms. The number of methoxy groups -OCH3 is 1. The van der Waals surface area contributed by atoms with Gasteiger partial charge in [0.1, 0.15) is 11.4 Å². The molecule has 0 aliphatic rings. The van der Waals surface area contributed by atoms with Gasteiger partial charge in [-0.15, -0.1) is 0 Å². The van der Waals surface area contributed by atoms with Crippen molar-refractivity contribution >= 4 is 17.3 Å². The highest BCUT2D eigenvalue weighted by atomic mass is 16.5. The van der Waals surface area contributed by atoms with Gasteiger partial charge in [-0.1, -0.05) is 12.1 Å². The number of rotatable bonds is 3. The summed E-state index contributed by atoms with van der Waals surface area (Å²) in [4.78, 5) is 22.9. The Kier molecular flexibility index (Phi) is 2.95. The van der Waals surface area contributed by atoms with Crippen LogP contribution in [0.4, 0.5) is 0 Å². The van der Waals surface area contributed by atoms with Gasteiger partial charge in [0.15, 0.2) is 12.1 Å². The average Bonchev–Trinajstić information content (AvgIpc) is 2.91. The van der Waals surface area contributed by atoms with Gasteiger partial charge in [0.05, 0.1) is 18.2 Å². The zero-order valence-electron chi connectivity index (χ0n) is 11.2. The summed E-state index contributed by atoms with van der Waals surface area (Å²) in [5.74, 6) is 1.36. The van der Waals surface area contributed by atoms with Gasteiger partial charge < -0.3 is 9.72 Å². The van der Waals surface area contributed by atoms with Crippen LogP contribution in [0, 0.1) is 6.92 Å². The van der Waals surface area contributed by atoms with Gasteiger partial charge in [0, 0.05) is 17.3 Å². The second kappa shape index (κ2) is 4.77. The zero-order chi connectivity index (χ0) is 14.1. The molecule has 1 aromatic carbocycles. The number of hydrogen-bond acceptors (Lipinski definition) is 4. The molecule has 0 amide bonds. The predicted octanol–water partition coefficient (Wildman–Crippen LogP) is 2.75. The Morgan fingerprint density at radius 3 is 2.90 bits per heavy atom. The summed E-state index contributed by atoms with van der Waals surface area (Å²) in [6.45, 7) is 1.87. The Morgan fingerprint density at radius 2 is 2.15 bits per heavy atom. The second-order valence-electron chi connectivity index (χ2n) is 4.45. The number of carbonyl (C=O) groups excluding carboxylic acids is 1. The fourth-order valence-electron chi connectivity index (χ4n) is 2.23. The van der Waals surface area contributed by atoms with Crippen molar-refractivity contribution in [3.8, 4) is 17.1 Å². The number of aromatic nitrogens is 3. The molecule has 0 fully saturated rings. The predicted molar refractivity (Wildman–Crippen MR) is 76.0 cm³/mol. The van der Waals surface area contributed by atoms with Crippen LogP contribution in [0.15, 0.2) is 30.5 Å². The van der Waals surface area contributed by atoms with Gasteiger partial charge in [0.25, 0.3) is 0 Å². The summed E-state index contributed by atoms with van der Waals surface area (Å²) >= 11 is 0. The Hall–Kier alpha value is -2.69. The molecule has 3 aromatic rings. The number of nitrogens with one attached hydrogen (secondary N) is 1. The van der Waals surface area contributed by atoms with E-state index in [0.717, 1.165) is 28.7 Å². The third kappa shape index (κ3) is 1.93. The van der Waals surface area contributed by atoms with E-state index in [2.05, 4.69) is 15.0 Å². The lowest BCUT2D eigenvalue weighted by Crippen LogP contribution is -1.95. The van der Waals surface area contributed by atoms with E-state index in [1.165, 1.54) is 0 Å². The minimum Gasteiger partial charge on any atom is -0.497 e. The van der Waals surface area contributed by atoms with E-state index in [0.29, 0.717) is 17.0 Å². The van der Waals surface area contributed by atoms with Gasteiger partial charge in [-0.25, -0.2) is 9.97 Å². The molecule has 0 unspecified atom stereocenters. The number of benzene rings is 1. The number of aryl methyl sites for hydroxylation is 1. The molecule has 0 atom stereocenters. The highest BCUT2D eigenvalue weighted by Gasteiger charge is 2.12. The van der Waals surface area contributed by atoms with E-state index in [9.17, 15) is 4.79 Å². The normalized spacial score (nSPS) is 10.7. The first-order valence-electron chi connectivity index (χ1n) is 6.18. The summed E-state index contributed by atoms with van der Waals surface area (Å²) in [5, 5.41) is 0.770. The van der Waals surface area contributed by atoms with Crippen molar-refractivity contribution in [3.63, 3.8) is 0 Å². The molecule has 0 aliphatic heterocycles. The first-order valence-corrected chi connectivity index (χ1v) is 6.18. The van der Waals surface area contributed by atoms with Crippen LogP contribution in [-0.4, -0.2) is 28.3 Å². The number of fused-ring (bicyclic) bond motifs is 1. The molecular formula is C15H13N3O2. The highest BCUT2D eigenvalue weighted by molar-refractivity contribution is 5.97. The third-order valence-electron chi connectivity index (χ3n) is 3.20. The summed E-state index contributed by atoms with van der Waals surface area (Å²) in [5.41, 5.74) is 2.89. The molecule has 0 saturated heterocycles. The van der Waals surface area contributed by atoms with Crippen LogP contribution < -0.4 is 4.74 Å². The fourth-order valence-corrected chi connectivity index (χ4v) is 2.23. The molecule has 0 radical (unpaired) electrons. The van der Waals surface area contributed by atoms with Crippen LogP contribution in [0.5, 0.6) is 5.75 Å². The van der Waals surface area contributed by atoms with Crippen LogP contribution in [0.1, 0.15) is 16.1 Å². The molecule has 100 valence electrons. The van der Waals surface area contributed by atoms with Crippen LogP contribution in [-0.2, 0) is 0 Å². The van der Waals surface area contributed by atoms with Crippen molar-refractivity contribution < 1.29 is 9.53 Å². The average molecular weight is 267 g/mol. The number of aldehydes is 1. The molecule has 2 aromatic heterocycles. The van der Waals surface area contributed by atoms with Gasteiger partial charge in [-0.05, 0) is 19.1 Å². The lowest BCUT2D eigenvalue weighted by atomic mass is 10.1. The molecule has 0 bridgehead atoms. The summed E-state index contributed by atoms with van der Waals surface area (Å²) < 4.78 is 5.21. The maximum atomic E-state index is 11.0. The molecule has 0 spiro atoms. The molecular weight excluding hydrogens is 254 g/mol. The first-order chi connectivity index (χ1) is 9.72. The van der Waals surface area contributed by atoms with E-state index in [1.807, 2.05) is 31.2 Å². The number of H-pyrrole nitrogens is 1. The molecule has 3 rings (SSSR count). The fraction of sp³-hybridized carbons (Fsp3) is 0.133. The monoisotopic (exact) mass is 267 g/mol. The van der Waals surface area contributed by atoms with E-state index in [4.69, 9.17) is 4.74 Å². The van der Waals surface area contributed by atoms with Gasteiger partial charge in [-0.2, -0.15) is 0 Å². The molecule has 0 aliphatic carbocycles. The van der Waals surface area contributed by atoms with Crippen LogP contribution in [0.3, 0.4) is 0 Å². The Labute approximate surface area is 115 Å². The number of aromatic amines is 1. The van der Waals surface area contributed by atoms with E-state index < -0.39 is 0 Å². The molecule has 20 heavy (non-hydrogen) atoms. The Morgan fingerprint density at radius 1 is 1.30 bits per heavy atom. The largest absolute Gasteiger partial charge is 0.497 e. The maximum absolute atomic E-state index is 11.0. The third-order valence-corrected chi connectivity index (χ3v) is 3.20. The number of ether oxygens (including phenoxy) is 1. The van der Waals surface area contributed by atoms with Crippen molar-refractivity contribution in [3.05, 3.63) is 41.7 Å². The SMILES string of the molecule is COc1cccc(-c2nc(C)c3c(C=O)c[nH]c3n2)c1. The molecule has 2 heterocycles. The minimum atomic E-state index is 0.578. The topological polar surface area (TPSA) is 67.9 Å². The standard InChI is InChI=1S/C15H13N3O2/c1-9-13-11(8-19)7-16-15(13)18-14(17-9)10-4-3-5-12(6-10)20-2/h3-8H,1-2H3,(H,16,17,18). The zero-order valence-corrected chi connectivity index (χ0v) is 11.2. The van der Waals surface area contributed by atoms with Gasteiger partial charge in [0.2, 0.25) is 0 Å². The van der Waals surface area contributed by atoms with Gasteiger partial charge >= 0.3 is 0 Å². The summed E-state index contributed by atoms with van der Waals surface area (Å²) in [7, 11) is 1.62. The van der Waals surface area contributed by atoms with Crippen molar-refractivity contribution in [2.45, 2.75) is 6.92 Å². The minimum absolute atomic E-state index is 0.578. The lowest BCUT2D eigenvalue weighted by Gasteiger charge is -2.05. The first kappa shape index (κ1) is 12.3. The summed E-state index contributed by atoms with van der Waals surface area (Å²) in [6.07, 6.45) is 2.45. The quantitative estimate of drug-likeness (QED) is 0.741. The molecule has 5 nitrogen and oxygen atoms in total. The van der Waals surface area contributed by atoms with E-state index >= 15 is 0 Å². The number of nitrogens with zero attached hydrogens (tertiary/aromatic N) is 2. The molecule has 0 saturated carbocycles. The summed E-state index contributed by atoms with van der Waals surface area (Å²) in [6, 6.07) is 7.56. The van der Waals surface area contributed by atoms with Crippen molar-refractivity contribution in [2.75, 3.05) is 7.11 Å². The van der Waals surface area contributed by atoms with Crippen LogP contribution in [0.2, 0.25) is 0 Å². The lowest BCUT2D eigenvalue weighted by molar-refractivity contribution is 0.112. The van der Waals surface area contributed by atoms with Gasteiger partial charge in [-0.3, -0.25) is 4.79 Å². The Balaban J connectivity index is 2.19. The van der Waals surface area contributed by atoms with Crippen molar-refractivity contribution in [1.82, 2.24) is 15.0 Å². The smallest absolute Gasteiger partial charge is 0.161 e.